The molecule has 0 bridgehead atoms. The van der Waals surface area contributed by atoms with Gasteiger partial charge in [-0.05, 0) is 42.7 Å². The van der Waals surface area contributed by atoms with Crippen LogP contribution in [0.5, 0.6) is 5.75 Å². The summed E-state index contributed by atoms with van der Waals surface area (Å²) in [6.07, 6.45) is 7.48. The highest BCUT2D eigenvalue weighted by atomic mass is 35.5. The number of halogens is 3. The number of aromatic nitrogens is 6. The fraction of sp³-hybridized carbons (Fsp3) is 0.273. The number of fused-ring (bicyclic) bond motifs is 1. The van der Waals surface area contributed by atoms with Crippen LogP contribution in [0.1, 0.15) is 34.6 Å². The van der Waals surface area contributed by atoms with E-state index in [1.807, 2.05) is 0 Å². The van der Waals surface area contributed by atoms with Crippen molar-refractivity contribution in [2.75, 3.05) is 5.32 Å². The normalized spacial score (nSPS) is 17.3. The first kappa shape index (κ1) is 21.8. The van der Waals surface area contributed by atoms with Crippen LogP contribution in [0.4, 0.5) is 13.9 Å². The molecule has 1 amide bonds. The Bertz CT molecular complexity index is 1540. The van der Waals surface area contributed by atoms with Gasteiger partial charge in [0, 0.05) is 23.2 Å². The Kier molecular flexibility index (Phi) is 5.12. The SMILES string of the molecule is O=C(Nc1nnc(C#CC2CC23CC3)s1)c1cc2ncnn2cc1-c1cc(Cl)ncc1OC(F)F. The maximum atomic E-state index is 13.3. The van der Waals surface area contributed by atoms with Crippen molar-refractivity contribution < 1.29 is 18.3 Å². The lowest BCUT2D eigenvalue weighted by Crippen LogP contribution is -2.14. The Labute approximate surface area is 205 Å². The van der Waals surface area contributed by atoms with Crippen LogP contribution in [0.25, 0.3) is 16.8 Å². The van der Waals surface area contributed by atoms with Crippen LogP contribution in [-0.2, 0) is 0 Å². The molecular weight excluding hydrogens is 500 g/mol. The average Bonchev–Trinajstić information content (AvgIpc) is 3.61. The van der Waals surface area contributed by atoms with Crippen LogP contribution in [0.3, 0.4) is 0 Å². The first-order chi connectivity index (χ1) is 16.9. The van der Waals surface area contributed by atoms with E-state index in [0.717, 1.165) is 24.0 Å². The van der Waals surface area contributed by atoms with E-state index in [0.29, 0.717) is 22.0 Å². The number of carbonyl (C=O) groups is 1. The smallest absolute Gasteiger partial charge is 0.387 e. The van der Waals surface area contributed by atoms with Gasteiger partial charge in [0.25, 0.3) is 5.91 Å². The van der Waals surface area contributed by atoms with E-state index < -0.39 is 12.5 Å². The molecule has 1 spiro atoms. The molecule has 2 aliphatic rings. The number of carbonyl (C=O) groups excluding carboxylic acids is 1. The standard InChI is InChI=1S/C22H14ClF2N7O2S/c23-16-5-12(15(8-26-16)34-20(24)25)14-9-32-17(27-10-28-32)6-13(14)19(33)29-21-31-30-18(35-21)2-1-11-7-22(11)3-4-22/h5-6,8-11,20H,3-4,7H2,(H,29,31,33). The summed E-state index contributed by atoms with van der Waals surface area (Å²) in [6.45, 7) is -3.10. The molecular formula is C22H14ClF2N7O2S. The topological polar surface area (TPSA) is 107 Å². The van der Waals surface area contributed by atoms with Gasteiger partial charge in [-0.1, -0.05) is 28.9 Å². The quantitative estimate of drug-likeness (QED) is 0.313. The highest BCUT2D eigenvalue weighted by Gasteiger charge is 2.62. The molecule has 2 saturated carbocycles. The van der Waals surface area contributed by atoms with Crippen LogP contribution < -0.4 is 10.1 Å². The second-order valence-electron chi connectivity index (χ2n) is 8.30. The summed E-state index contributed by atoms with van der Waals surface area (Å²) >= 11 is 7.17. The van der Waals surface area contributed by atoms with E-state index in [1.165, 1.54) is 42.0 Å². The molecule has 2 aliphatic carbocycles. The zero-order valence-electron chi connectivity index (χ0n) is 17.7. The number of pyridine rings is 2. The van der Waals surface area contributed by atoms with Gasteiger partial charge in [0.15, 0.2) is 16.4 Å². The third-order valence-electron chi connectivity index (χ3n) is 6.08. The zero-order valence-corrected chi connectivity index (χ0v) is 19.3. The van der Waals surface area contributed by atoms with Gasteiger partial charge in [-0.25, -0.2) is 14.5 Å². The molecule has 1 unspecified atom stereocenters. The van der Waals surface area contributed by atoms with Crippen LogP contribution >= 0.6 is 22.9 Å². The monoisotopic (exact) mass is 513 g/mol. The third-order valence-corrected chi connectivity index (χ3v) is 7.04. The molecule has 4 heterocycles. The summed E-state index contributed by atoms with van der Waals surface area (Å²) < 4.78 is 32.0. The van der Waals surface area contributed by atoms with Crippen LogP contribution in [0.2, 0.25) is 5.15 Å². The maximum Gasteiger partial charge on any atom is 0.387 e. The third kappa shape index (κ3) is 4.28. The van der Waals surface area contributed by atoms with Gasteiger partial charge in [0.2, 0.25) is 5.13 Å². The first-order valence-electron chi connectivity index (χ1n) is 10.5. The van der Waals surface area contributed by atoms with Crippen LogP contribution in [-0.4, -0.2) is 42.3 Å². The van der Waals surface area contributed by atoms with E-state index in [1.54, 1.807) is 0 Å². The van der Waals surface area contributed by atoms with Gasteiger partial charge in [-0.3, -0.25) is 10.1 Å². The van der Waals surface area contributed by atoms with Gasteiger partial charge < -0.3 is 4.74 Å². The largest absolute Gasteiger partial charge is 0.433 e. The summed E-state index contributed by atoms with van der Waals surface area (Å²) in [5, 5.41) is 15.6. The van der Waals surface area contributed by atoms with Crippen molar-refractivity contribution in [1.29, 1.82) is 0 Å². The number of alkyl halides is 2. The van der Waals surface area contributed by atoms with Gasteiger partial charge in [-0.2, -0.15) is 13.9 Å². The van der Waals surface area contributed by atoms with Gasteiger partial charge in [0.1, 0.15) is 11.5 Å². The number of rotatable bonds is 5. The van der Waals surface area contributed by atoms with Crippen molar-refractivity contribution >= 4 is 39.6 Å². The number of hydrogen-bond donors (Lipinski definition) is 1. The van der Waals surface area contributed by atoms with Crippen molar-refractivity contribution in [1.82, 2.24) is 29.8 Å². The number of amides is 1. The predicted molar refractivity (Wildman–Crippen MR) is 122 cm³/mol. The summed E-state index contributed by atoms with van der Waals surface area (Å²) in [4.78, 5) is 21.2. The number of nitrogens with one attached hydrogen (secondary N) is 1. The summed E-state index contributed by atoms with van der Waals surface area (Å²) in [5.41, 5.74) is 1.32. The van der Waals surface area contributed by atoms with E-state index in [2.05, 4.69) is 47.2 Å². The Morgan fingerprint density at radius 2 is 2.14 bits per heavy atom. The van der Waals surface area contributed by atoms with Gasteiger partial charge in [0.05, 0.1) is 11.8 Å². The van der Waals surface area contributed by atoms with Crippen molar-refractivity contribution in [2.45, 2.75) is 25.9 Å². The molecule has 1 atom stereocenters. The lowest BCUT2D eigenvalue weighted by Gasteiger charge is -2.14. The van der Waals surface area contributed by atoms with Crippen molar-refractivity contribution in [3.63, 3.8) is 0 Å². The highest BCUT2D eigenvalue weighted by molar-refractivity contribution is 7.15. The number of hydrogen-bond acceptors (Lipinski definition) is 8. The predicted octanol–water partition coefficient (Wildman–Crippen LogP) is 4.30. The molecule has 4 aromatic heterocycles. The molecule has 176 valence electrons. The summed E-state index contributed by atoms with van der Waals surface area (Å²) in [7, 11) is 0. The number of ether oxygens (including phenoxy) is 1. The molecule has 9 nitrogen and oxygen atoms in total. The minimum atomic E-state index is -3.10. The molecule has 0 radical (unpaired) electrons. The average molecular weight is 514 g/mol. The van der Waals surface area contributed by atoms with E-state index in [9.17, 15) is 13.6 Å². The second kappa shape index (κ2) is 8.21. The lowest BCUT2D eigenvalue weighted by atomic mass is 10.0. The molecule has 13 heteroatoms. The van der Waals surface area contributed by atoms with Gasteiger partial charge in [-0.15, -0.1) is 10.2 Å². The van der Waals surface area contributed by atoms with Crippen LogP contribution in [0.15, 0.2) is 30.9 Å². The van der Waals surface area contributed by atoms with Crippen LogP contribution in [0, 0.1) is 23.2 Å². The number of nitrogens with zero attached hydrogens (tertiary/aromatic N) is 6. The van der Waals surface area contributed by atoms with Crippen molar-refractivity contribution in [3.05, 3.63) is 46.6 Å². The number of anilines is 1. The van der Waals surface area contributed by atoms with E-state index in [4.69, 9.17) is 11.6 Å². The molecule has 2 fully saturated rings. The molecule has 0 aromatic carbocycles. The van der Waals surface area contributed by atoms with E-state index >= 15 is 0 Å². The Hall–Kier alpha value is -3.69. The fourth-order valence-corrected chi connectivity index (χ4v) is 4.74. The first-order valence-corrected chi connectivity index (χ1v) is 11.7. The molecule has 0 saturated heterocycles. The van der Waals surface area contributed by atoms with Gasteiger partial charge >= 0.3 is 6.61 Å². The molecule has 0 aliphatic heterocycles. The molecule has 35 heavy (non-hydrogen) atoms. The lowest BCUT2D eigenvalue weighted by molar-refractivity contribution is -0.0496. The summed E-state index contributed by atoms with van der Waals surface area (Å²) in [5.74, 6) is 5.89. The Morgan fingerprint density at radius 3 is 2.91 bits per heavy atom. The summed E-state index contributed by atoms with van der Waals surface area (Å²) in [6, 6.07) is 2.80. The zero-order chi connectivity index (χ0) is 24.2. The minimum absolute atomic E-state index is 0.0302. The van der Waals surface area contributed by atoms with E-state index in [-0.39, 0.29) is 32.7 Å². The molecule has 6 rings (SSSR count). The Balaban J connectivity index is 1.33. The second-order valence-corrected chi connectivity index (χ2v) is 9.66. The van der Waals surface area contributed by atoms with Crippen molar-refractivity contribution in [2.24, 2.45) is 11.3 Å². The fourth-order valence-electron chi connectivity index (χ4n) is 3.98. The maximum absolute atomic E-state index is 13.3. The van der Waals surface area contributed by atoms with Crippen molar-refractivity contribution in [3.8, 4) is 28.7 Å². The minimum Gasteiger partial charge on any atom is -0.433 e. The highest BCUT2D eigenvalue weighted by Crippen LogP contribution is 2.70. The Morgan fingerprint density at radius 1 is 1.29 bits per heavy atom. The molecule has 4 aromatic rings. The molecule has 1 N–H and O–H groups in total.